The lowest BCUT2D eigenvalue weighted by molar-refractivity contribution is 0.206. The molecule has 19 heavy (non-hydrogen) atoms. The summed E-state index contributed by atoms with van der Waals surface area (Å²) >= 11 is 3.30. The molecule has 0 aliphatic heterocycles. The summed E-state index contributed by atoms with van der Waals surface area (Å²) in [5, 5.41) is 0. The molecule has 2 fully saturated rings. The maximum atomic E-state index is 12.2. The van der Waals surface area contributed by atoms with Crippen molar-refractivity contribution in [1.29, 1.82) is 0 Å². The normalized spacial score (nSPS) is 30.5. The van der Waals surface area contributed by atoms with E-state index in [0.717, 1.165) is 17.3 Å². The first kappa shape index (κ1) is 13.6. The van der Waals surface area contributed by atoms with Crippen LogP contribution in [0.25, 0.3) is 0 Å². The number of fused-ring (bicyclic) bond motifs is 1. The molecular weight excluding hydrogens is 328 g/mol. The molecule has 3 rings (SSSR count). The van der Waals surface area contributed by atoms with Gasteiger partial charge in [0, 0.05) is 4.47 Å². The lowest BCUT2D eigenvalue weighted by atomic mass is 10.0. The summed E-state index contributed by atoms with van der Waals surface area (Å²) < 4.78 is 30.6. The third-order valence-electron chi connectivity index (χ3n) is 4.31. The van der Waals surface area contributed by atoms with E-state index in [1.807, 2.05) is 0 Å². The Morgan fingerprint density at radius 1 is 1.05 bits per heavy atom. The van der Waals surface area contributed by atoms with Gasteiger partial charge in [-0.3, -0.25) is 4.18 Å². The summed E-state index contributed by atoms with van der Waals surface area (Å²) in [6.07, 6.45) is 5.46. The average molecular weight is 345 g/mol. The zero-order valence-electron chi connectivity index (χ0n) is 10.6. The molecule has 2 saturated carbocycles. The summed E-state index contributed by atoms with van der Waals surface area (Å²) in [6, 6.07) is 6.60. The maximum absolute atomic E-state index is 12.2. The van der Waals surface area contributed by atoms with Gasteiger partial charge in [0.15, 0.2) is 0 Å². The second-order valence-electron chi connectivity index (χ2n) is 5.55. The highest BCUT2D eigenvalue weighted by Crippen LogP contribution is 2.45. The van der Waals surface area contributed by atoms with E-state index in [9.17, 15) is 8.42 Å². The first-order chi connectivity index (χ1) is 9.04. The maximum Gasteiger partial charge on any atom is 0.297 e. The average Bonchev–Trinajstić information content (AvgIpc) is 2.89. The summed E-state index contributed by atoms with van der Waals surface area (Å²) in [4.78, 5) is 0.243. The molecule has 5 heteroatoms. The Morgan fingerprint density at radius 2 is 1.63 bits per heavy atom. The van der Waals surface area contributed by atoms with Crippen molar-refractivity contribution >= 4 is 26.0 Å². The standard InChI is InChI=1S/C14H17BrO3S/c15-12-4-6-14(7-5-12)19(16,17)18-13-8-10-2-1-3-11(10)9-13/h4-7,10-11,13H,1-3,8-9H2/t10-,11+,13?. The zero-order valence-corrected chi connectivity index (χ0v) is 13.0. The quantitative estimate of drug-likeness (QED) is 0.784. The minimum atomic E-state index is -3.61. The fourth-order valence-corrected chi connectivity index (χ4v) is 4.78. The minimum absolute atomic E-state index is 0.121. The van der Waals surface area contributed by atoms with Gasteiger partial charge in [-0.2, -0.15) is 8.42 Å². The van der Waals surface area contributed by atoms with Crippen molar-refractivity contribution in [1.82, 2.24) is 0 Å². The van der Waals surface area contributed by atoms with Crippen molar-refractivity contribution in [3.63, 3.8) is 0 Å². The monoisotopic (exact) mass is 344 g/mol. The van der Waals surface area contributed by atoms with Gasteiger partial charge in [0.25, 0.3) is 10.1 Å². The third kappa shape index (κ3) is 2.88. The molecule has 1 aromatic carbocycles. The highest BCUT2D eigenvalue weighted by atomic mass is 79.9. The van der Waals surface area contributed by atoms with Gasteiger partial charge in [0.2, 0.25) is 0 Å². The Balaban J connectivity index is 1.70. The lowest BCUT2D eigenvalue weighted by Crippen LogP contribution is -2.16. The molecule has 0 bridgehead atoms. The molecule has 3 nitrogen and oxygen atoms in total. The van der Waals surface area contributed by atoms with Gasteiger partial charge in [-0.25, -0.2) is 0 Å². The fourth-order valence-electron chi connectivity index (χ4n) is 3.42. The zero-order chi connectivity index (χ0) is 13.5. The summed E-state index contributed by atoms with van der Waals surface area (Å²) in [6.45, 7) is 0. The van der Waals surface area contributed by atoms with E-state index in [0.29, 0.717) is 11.8 Å². The van der Waals surface area contributed by atoms with Crippen molar-refractivity contribution in [2.75, 3.05) is 0 Å². The number of halogens is 1. The minimum Gasteiger partial charge on any atom is -0.263 e. The van der Waals surface area contributed by atoms with Gasteiger partial charge in [0.05, 0.1) is 11.0 Å². The smallest absolute Gasteiger partial charge is 0.263 e. The van der Waals surface area contributed by atoms with E-state index >= 15 is 0 Å². The summed E-state index contributed by atoms with van der Waals surface area (Å²) in [5.41, 5.74) is 0. The van der Waals surface area contributed by atoms with Crippen LogP contribution in [0.1, 0.15) is 32.1 Å². The fraction of sp³-hybridized carbons (Fsp3) is 0.571. The van der Waals surface area contributed by atoms with Crippen LogP contribution in [0, 0.1) is 11.8 Å². The van der Waals surface area contributed by atoms with Crippen molar-refractivity contribution in [3.05, 3.63) is 28.7 Å². The largest absolute Gasteiger partial charge is 0.297 e. The van der Waals surface area contributed by atoms with Crippen LogP contribution in [0.2, 0.25) is 0 Å². The van der Waals surface area contributed by atoms with Crippen LogP contribution in [-0.2, 0) is 14.3 Å². The van der Waals surface area contributed by atoms with Crippen LogP contribution in [-0.4, -0.2) is 14.5 Å². The Kier molecular flexibility index (Phi) is 3.71. The van der Waals surface area contributed by atoms with Gasteiger partial charge in [0.1, 0.15) is 0 Å². The highest BCUT2D eigenvalue weighted by Gasteiger charge is 2.39. The molecule has 2 aliphatic rings. The second-order valence-corrected chi connectivity index (χ2v) is 8.04. The van der Waals surface area contributed by atoms with E-state index < -0.39 is 10.1 Å². The molecule has 0 saturated heterocycles. The second kappa shape index (κ2) is 5.19. The van der Waals surface area contributed by atoms with Gasteiger partial charge < -0.3 is 0 Å². The van der Waals surface area contributed by atoms with E-state index in [1.165, 1.54) is 19.3 Å². The van der Waals surface area contributed by atoms with Crippen LogP contribution in [0.3, 0.4) is 0 Å². The van der Waals surface area contributed by atoms with Crippen molar-refractivity contribution < 1.29 is 12.6 Å². The molecule has 0 spiro atoms. The Hall–Kier alpha value is -0.390. The van der Waals surface area contributed by atoms with Gasteiger partial charge >= 0.3 is 0 Å². The van der Waals surface area contributed by atoms with Crippen LogP contribution in [0.4, 0.5) is 0 Å². The van der Waals surface area contributed by atoms with E-state index in [1.54, 1.807) is 24.3 Å². The number of benzene rings is 1. The van der Waals surface area contributed by atoms with Crippen molar-refractivity contribution in [3.8, 4) is 0 Å². The SMILES string of the molecule is O=S(=O)(OC1C[C@H]2CCC[C@H]2C1)c1ccc(Br)cc1. The molecule has 2 aliphatic carbocycles. The van der Waals surface area contributed by atoms with Gasteiger partial charge in [-0.05, 0) is 48.9 Å². The molecule has 3 atom stereocenters. The molecule has 104 valence electrons. The predicted octanol–water partition coefficient (Wildman–Crippen LogP) is 3.73. The van der Waals surface area contributed by atoms with E-state index in [-0.39, 0.29) is 11.0 Å². The highest BCUT2D eigenvalue weighted by molar-refractivity contribution is 9.10. The summed E-state index contributed by atoms with van der Waals surface area (Å²) in [5.74, 6) is 1.37. The Morgan fingerprint density at radius 3 is 2.21 bits per heavy atom. The Bertz CT molecular complexity index is 541. The first-order valence-electron chi connectivity index (χ1n) is 6.73. The van der Waals surface area contributed by atoms with Gasteiger partial charge in [-0.15, -0.1) is 0 Å². The third-order valence-corrected chi connectivity index (χ3v) is 6.22. The number of hydrogen-bond acceptors (Lipinski definition) is 3. The molecule has 0 heterocycles. The molecule has 0 radical (unpaired) electrons. The van der Waals surface area contributed by atoms with Crippen molar-refractivity contribution in [2.45, 2.75) is 43.1 Å². The van der Waals surface area contributed by atoms with Crippen LogP contribution in [0.5, 0.6) is 0 Å². The van der Waals surface area contributed by atoms with Gasteiger partial charge in [-0.1, -0.05) is 35.2 Å². The van der Waals surface area contributed by atoms with Crippen LogP contribution >= 0.6 is 15.9 Å². The predicted molar refractivity (Wildman–Crippen MR) is 76.3 cm³/mol. The Labute approximate surface area is 122 Å². The first-order valence-corrected chi connectivity index (χ1v) is 8.93. The summed E-state index contributed by atoms with van der Waals surface area (Å²) in [7, 11) is -3.61. The van der Waals surface area contributed by atoms with E-state index in [2.05, 4.69) is 15.9 Å². The molecule has 0 N–H and O–H groups in total. The molecule has 0 aromatic heterocycles. The topological polar surface area (TPSA) is 43.4 Å². The van der Waals surface area contributed by atoms with E-state index in [4.69, 9.17) is 4.18 Å². The van der Waals surface area contributed by atoms with Crippen LogP contribution in [0.15, 0.2) is 33.6 Å². The van der Waals surface area contributed by atoms with Crippen LogP contribution < -0.4 is 0 Å². The molecule has 1 unspecified atom stereocenters. The number of rotatable bonds is 3. The number of hydrogen-bond donors (Lipinski definition) is 0. The van der Waals surface area contributed by atoms with Crippen molar-refractivity contribution in [2.24, 2.45) is 11.8 Å². The lowest BCUT2D eigenvalue weighted by Gasteiger charge is -2.12. The molecule has 0 amide bonds. The molecular formula is C14H17BrO3S. The molecule has 1 aromatic rings.